The number of aromatic nitrogens is 1. The van der Waals surface area contributed by atoms with E-state index in [0.717, 1.165) is 22.3 Å². The van der Waals surface area contributed by atoms with E-state index in [9.17, 15) is 5.11 Å². The quantitative estimate of drug-likeness (QED) is 0.886. The molecule has 1 aromatic rings. The lowest BCUT2D eigenvalue weighted by Crippen LogP contribution is -2.38. The monoisotopic (exact) mass is 272 g/mol. The molecule has 0 aromatic carbocycles. The van der Waals surface area contributed by atoms with Gasteiger partial charge in [0.05, 0.1) is 12.1 Å². The van der Waals surface area contributed by atoms with E-state index in [0.29, 0.717) is 0 Å². The van der Waals surface area contributed by atoms with E-state index < -0.39 is 0 Å². The van der Waals surface area contributed by atoms with Crippen molar-refractivity contribution >= 4 is 21.7 Å². The molecule has 0 bridgehead atoms. The predicted octanol–water partition coefficient (Wildman–Crippen LogP) is 2.73. The third-order valence-electron chi connectivity index (χ3n) is 2.61. The fourth-order valence-corrected chi connectivity index (χ4v) is 1.37. The molecular weight excluding hydrogens is 256 g/mol. The van der Waals surface area contributed by atoms with E-state index in [1.54, 1.807) is 6.20 Å². The average molecular weight is 273 g/mol. The highest BCUT2D eigenvalue weighted by Gasteiger charge is 2.20. The summed E-state index contributed by atoms with van der Waals surface area (Å²) in [5, 5.41) is 12.5. The Labute approximate surface area is 99.1 Å². The van der Waals surface area contributed by atoms with Crippen LogP contribution in [0.4, 0.5) is 5.82 Å². The molecule has 84 valence electrons. The molecule has 0 aliphatic carbocycles. The molecule has 0 aliphatic rings. The summed E-state index contributed by atoms with van der Waals surface area (Å²) in [6.07, 6.45) is 2.62. The number of hydrogen-bond donors (Lipinski definition) is 2. The number of pyridine rings is 1. The molecular formula is C11H17BrN2O. The highest BCUT2D eigenvalue weighted by molar-refractivity contribution is 9.10. The van der Waals surface area contributed by atoms with E-state index in [2.05, 4.69) is 26.2 Å². The van der Waals surface area contributed by atoms with Crippen LogP contribution < -0.4 is 5.32 Å². The van der Waals surface area contributed by atoms with Gasteiger partial charge in [-0.2, -0.15) is 0 Å². The van der Waals surface area contributed by atoms with E-state index >= 15 is 0 Å². The van der Waals surface area contributed by atoms with Gasteiger partial charge in [0.1, 0.15) is 5.82 Å². The molecule has 0 spiro atoms. The van der Waals surface area contributed by atoms with Crippen LogP contribution in [0.1, 0.15) is 25.8 Å². The Morgan fingerprint density at radius 2 is 2.27 bits per heavy atom. The lowest BCUT2D eigenvalue weighted by atomic mass is 10.0. The van der Waals surface area contributed by atoms with Crippen LogP contribution in [-0.2, 0) is 0 Å². The van der Waals surface area contributed by atoms with Gasteiger partial charge in [-0.3, -0.25) is 0 Å². The van der Waals surface area contributed by atoms with Crippen molar-refractivity contribution in [1.29, 1.82) is 0 Å². The van der Waals surface area contributed by atoms with Crippen LogP contribution in [0, 0.1) is 6.92 Å². The van der Waals surface area contributed by atoms with E-state index in [-0.39, 0.29) is 12.1 Å². The average Bonchev–Trinajstić information content (AvgIpc) is 2.23. The molecule has 0 radical (unpaired) electrons. The Balaban J connectivity index is 2.85. The molecule has 1 unspecified atom stereocenters. The summed E-state index contributed by atoms with van der Waals surface area (Å²) in [5.41, 5.74) is 0.830. The molecule has 3 nitrogen and oxygen atoms in total. The Morgan fingerprint density at radius 3 is 2.73 bits per heavy atom. The molecule has 1 heterocycles. The van der Waals surface area contributed by atoms with Crippen LogP contribution in [-0.4, -0.2) is 22.2 Å². The molecule has 1 rings (SSSR count). The number of aliphatic hydroxyl groups excluding tert-OH is 1. The number of anilines is 1. The zero-order chi connectivity index (χ0) is 11.5. The van der Waals surface area contributed by atoms with E-state index in [4.69, 9.17) is 0 Å². The fourth-order valence-electron chi connectivity index (χ4n) is 1.16. The van der Waals surface area contributed by atoms with Crippen LogP contribution in [0.5, 0.6) is 0 Å². The minimum atomic E-state index is -0.298. The van der Waals surface area contributed by atoms with Gasteiger partial charge in [-0.25, -0.2) is 4.98 Å². The number of nitrogens with one attached hydrogen (secondary N) is 1. The largest absolute Gasteiger partial charge is 0.394 e. The normalized spacial score (nSPS) is 14.7. The Bertz CT molecular complexity index is 337. The Kier molecular flexibility index (Phi) is 4.11. The standard InChI is InChI=1S/C11H17BrN2O/c1-4-11(3,7-15)14-10-5-8(2)9(12)6-13-10/h5-6,15H,4,7H2,1-3H3,(H,13,14). The third kappa shape index (κ3) is 3.18. The Hall–Kier alpha value is -0.610. The van der Waals surface area contributed by atoms with Gasteiger partial charge in [0.2, 0.25) is 0 Å². The minimum Gasteiger partial charge on any atom is -0.394 e. The SMILES string of the molecule is CCC(C)(CO)Nc1cc(C)c(Br)cn1. The number of hydrogen-bond acceptors (Lipinski definition) is 3. The van der Waals surface area contributed by atoms with Gasteiger partial charge in [0.25, 0.3) is 0 Å². The van der Waals surface area contributed by atoms with Crippen molar-refractivity contribution in [3.8, 4) is 0 Å². The summed E-state index contributed by atoms with van der Waals surface area (Å²) in [5.74, 6) is 0.800. The molecule has 0 saturated carbocycles. The van der Waals surface area contributed by atoms with E-state index in [1.165, 1.54) is 0 Å². The Morgan fingerprint density at radius 1 is 1.60 bits per heavy atom. The lowest BCUT2D eigenvalue weighted by Gasteiger charge is -2.28. The van der Waals surface area contributed by atoms with Crippen molar-refractivity contribution < 1.29 is 5.11 Å². The number of rotatable bonds is 4. The van der Waals surface area contributed by atoms with Crippen molar-refractivity contribution in [1.82, 2.24) is 4.98 Å². The van der Waals surface area contributed by atoms with Crippen LogP contribution >= 0.6 is 15.9 Å². The second-order valence-corrected chi connectivity index (χ2v) is 4.87. The molecule has 4 heteroatoms. The number of nitrogens with zero attached hydrogens (tertiary/aromatic N) is 1. The van der Waals surface area contributed by atoms with Crippen molar-refractivity contribution in [2.45, 2.75) is 32.7 Å². The minimum absolute atomic E-state index is 0.0975. The van der Waals surface area contributed by atoms with Crippen LogP contribution in [0.3, 0.4) is 0 Å². The number of aliphatic hydroxyl groups is 1. The first-order chi connectivity index (χ1) is 7.00. The second-order valence-electron chi connectivity index (χ2n) is 4.02. The molecule has 0 aliphatic heterocycles. The summed E-state index contributed by atoms with van der Waals surface area (Å²) in [6.45, 7) is 6.13. The predicted molar refractivity (Wildman–Crippen MR) is 66.1 cm³/mol. The zero-order valence-corrected chi connectivity index (χ0v) is 10.9. The summed E-state index contributed by atoms with van der Waals surface area (Å²) in [7, 11) is 0. The zero-order valence-electron chi connectivity index (χ0n) is 9.34. The summed E-state index contributed by atoms with van der Waals surface area (Å²) in [4.78, 5) is 4.25. The highest BCUT2D eigenvalue weighted by Crippen LogP contribution is 2.21. The van der Waals surface area contributed by atoms with Crippen LogP contribution in [0.2, 0.25) is 0 Å². The molecule has 0 fully saturated rings. The van der Waals surface area contributed by atoms with Crippen molar-refractivity contribution in [3.63, 3.8) is 0 Å². The number of aryl methyl sites for hydroxylation is 1. The van der Waals surface area contributed by atoms with Gasteiger partial charge in [-0.15, -0.1) is 0 Å². The number of halogens is 1. The highest BCUT2D eigenvalue weighted by atomic mass is 79.9. The van der Waals surface area contributed by atoms with Crippen LogP contribution in [0.25, 0.3) is 0 Å². The molecule has 2 N–H and O–H groups in total. The first kappa shape index (κ1) is 12.5. The lowest BCUT2D eigenvalue weighted by molar-refractivity contribution is 0.218. The molecule has 0 amide bonds. The van der Waals surface area contributed by atoms with Crippen LogP contribution in [0.15, 0.2) is 16.7 Å². The molecule has 15 heavy (non-hydrogen) atoms. The van der Waals surface area contributed by atoms with Crippen molar-refractivity contribution in [2.24, 2.45) is 0 Å². The fraction of sp³-hybridized carbons (Fsp3) is 0.545. The van der Waals surface area contributed by atoms with Crippen molar-refractivity contribution in [3.05, 3.63) is 22.3 Å². The maximum Gasteiger partial charge on any atom is 0.126 e. The maximum atomic E-state index is 9.27. The third-order valence-corrected chi connectivity index (χ3v) is 3.44. The molecule has 1 aromatic heterocycles. The summed E-state index contributed by atoms with van der Waals surface area (Å²) >= 11 is 3.40. The van der Waals surface area contributed by atoms with Gasteiger partial charge in [0.15, 0.2) is 0 Å². The first-order valence-corrected chi connectivity index (χ1v) is 5.81. The molecule has 0 saturated heterocycles. The molecule has 1 atom stereocenters. The summed E-state index contributed by atoms with van der Waals surface area (Å²) < 4.78 is 0.996. The van der Waals surface area contributed by atoms with Gasteiger partial charge in [-0.05, 0) is 47.8 Å². The van der Waals surface area contributed by atoms with Gasteiger partial charge in [-0.1, -0.05) is 6.92 Å². The van der Waals surface area contributed by atoms with Crippen molar-refractivity contribution in [2.75, 3.05) is 11.9 Å². The van der Waals surface area contributed by atoms with Gasteiger partial charge < -0.3 is 10.4 Å². The van der Waals surface area contributed by atoms with Gasteiger partial charge in [0, 0.05) is 10.7 Å². The smallest absolute Gasteiger partial charge is 0.126 e. The summed E-state index contributed by atoms with van der Waals surface area (Å²) in [6, 6.07) is 1.97. The first-order valence-electron chi connectivity index (χ1n) is 5.02. The van der Waals surface area contributed by atoms with E-state index in [1.807, 2.05) is 26.8 Å². The topological polar surface area (TPSA) is 45.1 Å². The second kappa shape index (κ2) is 4.94. The maximum absolute atomic E-state index is 9.27. The van der Waals surface area contributed by atoms with Gasteiger partial charge >= 0.3 is 0 Å².